The number of aliphatic hydroxyl groups excluding tert-OH is 2. The number of methoxy groups -OCH3 is 2. The van der Waals surface area contributed by atoms with E-state index in [2.05, 4.69) is 19.4 Å². The molecule has 0 bridgehead atoms. The smallest absolute Gasteiger partial charge is 0.360 e. The Morgan fingerprint density at radius 3 is 2.55 bits per heavy atom. The number of nitrogens with two attached hydrogens (primary N) is 1. The molecule has 20 heavy (non-hydrogen) atoms. The molecule has 0 radical (unpaired) electrons. The highest BCUT2D eigenvalue weighted by Crippen LogP contribution is 2.19. The number of nitrogen functional groups attached to an aromatic ring is 1. The number of hydrogen-bond acceptors (Lipinski definition) is 9. The summed E-state index contributed by atoms with van der Waals surface area (Å²) in [4.78, 5) is 29.8. The fourth-order valence-electron chi connectivity index (χ4n) is 1.36. The summed E-state index contributed by atoms with van der Waals surface area (Å²) in [5.41, 5.74) is 5.05. The van der Waals surface area contributed by atoms with Crippen LogP contribution in [0.25, 0.3) is 0 Å². The average molecular weight is 285 g/mol. The molecule has 9 heteroatoms. The number of nitrogens with zero attached hydrogens (tertiary/aromatic N) is 2. The van der Waals surface area contributed by atoms with E-state index < -0.39 is 30.6 Å². The first-order valence-corrected chi connectivity index (χ1v) is 5.54. The highest BCUT2D eigenvalue weighted by atomic mass is 16.5. The summed E-state index contributed by atoms with van der Waals surface area (Å²) in [7, 11) is 2.29. The zero-order valence-electron chi connectivity index (χ0n) is 10.9. The lowest BCUT2D eigenvalue weighted by molar-refractivity contribution is -0.144. The molecule has 1 aromatic heterocycles. The molecule has 0 saturated carbocycles. The van der Waals surface area contributed by atoms with Gasteiger partial charge in [-0.3, -0.25) is 4.79 Å². The second-order valence-corrected chi connectivity index (χ2v) is 3.81. The molecule has 0 aliphatic rings. The van der Waals surface area contributed by atoms with E-state index in [0.717, 1.165) is 20.4 Å². The minimum absolute atomic E-state index is 0.115. The van der Waals surface area contributed by atoms with Gasteiger partial charge in [-0.2, -0.15) is 0 Å². The van der Waals surface area contributed by atoms with Crippen molar-refractivity contribution < 1.29 is 29.3 Å². The molecular formula is C11H15N3O6. The first-order valence-electron chi connectivity index (χ1n) is 5.54. The second kappa shape index (κ2) is 6.78. The quantitative estimate of drug-likeness (QED) is 0.568. The summed E-state index contributed by atoms with van der Waals surface area (Å²) in [6.45, 7) is 0. The largest absolute Gasteiger partial charge is 0.469 e. The number of aromatic nitrogens is 2. The molecule has 1 aromatic rings. The fraction of sp³-hybridized carbons (Fsp3) is 0.455. The molecule has 0 aliphatic carbocycles. The van der Waals surface area contributed by atoms with Crippen LogP contribution in [0.15, 0.2) is 6.20 Å². The van der Waals surface area contributed by atoms with Gasteiger partial charge in [0.25, 0.3) is 0 Å². The molecule has 2 atom stereocenters. The topological polar surface area (TPSA) is 145 Å². The molecule has 9 nitrogen and oxygen atoms in total. The molecule has 2 unspecified atom stereocenters. The van der Waals surface area contributed by atoms with Gasteiger partial charge < -0.3 is 25.4 Å². The normalized spacial score (nSPS) is 13.4. The highest BCUT2D eigenvalue weighted by molar-refractivity contribution is 5.91. The maximum atomic E-state index is 11.4. The number of hydrogen-bond donors (Lipinski definition) is 3. The third-order valence-electron chi connectivity index (χ3n) is 2.47. The molecule has 110 valence electrons. The van der Waals surface area contributed by atoms with E-state index in [0.29, 0.717) is 0 Å². The Morgan fingerprint density at radius 1 is 1.35 bits per heavy atom. The van der Waals surface area contributed by atoms with Crippen LogP contribution in [0.2, 0.25) is 0 Å². The number of carbonyl (C=O) groups is 2. The van der Waals surface area contributed by atoms with Crippen molar-refractivity contribution in [3.63, 3.8) is 0 Å². The third kappa shape index (κ3) is 3.62. The number of ether oxygens (including phenoxy) is 2. The highest BCUT2D eigenvalue weighted by Gasteiger charge is 2.25. The van der Waals surface area contributed by atoms with Crippen molar-refractivity contribution in [3.8, 4) is 0 Å². The first-order chi connectivity index (χ1) is 9.40. The SMILES string of the molecule is COC(=O)CC(O)C(O)c1cnc(N)c(C(=O)OC)n1. The first kappa shape index (κ1) is 15.8. The van der Waals surface area contributed by atoms with Crippen LogP contribution in [0.4, 0.5) is 5.82 Å². The molecule has 4 N–H and O–H groups in total. The molecule has 0 fully saturated rings. The van der Waals surface area contributed by atoms with Crippen molar-refractivity contribution in [2.24, 2.45) is 0 Å². The van der Waals surface area contributed by atoms with E-state index in [4.69, 9.17) is 5.73 Å². The molecule has 0 aliphatic heterocycles. The van der Waals surface area contributed by atoms with Gasteiger partial charge in [0.05, 0.1) is 38.6 Å². The van der Waals surface area contributed by atoms with Crippen LogP contribution >= 0.6 is 0 Å². The molecule has 1 rings (SSSR count). The van der Waals surface area contributed by atoms with Crippen LogP contribution in [-0.2, 0) is 14.3 Å². The lowest BCUT2D eigenvalue weighted by atomic mass is 10.1. The number of esters is 2. The van der Waals surface area contributed by atoms with Gasteiger partial charge in [0, 0.05) is 0 Å². The van der Waals surface area contributed by atoms with Crippen molar-refractivity contribution >= 4 is 17.8 Å². The van der Waals surface area contributed by atoms with Crippen molar-refractivity contribution in [3.05, 3.63) is 17.6 Å². The Bertz CT molecular complexity index is 507. The van der Waals surface area contributed by atoms with Crippen molar-refractivity contribution in [1.82, 2.24) is 9.97 Å². The predicted molar refractivity (Wildman–Crippen MR) is 65.4 cm³/mol. The second-order valence-electron chi connectivity index (χ2n) is 3.81. The monoisotopic (exact) mass is 285 g/mol. The summed E-state index contributed by atoms with van der Waals surface area (Å²) in [5.74, 6) is -1.70. The molecule has 0 amide bonds. The molecule has 0 spiro atoms. The minimum Gasteiger partial charge on any atom is -0.469 e. The lowest BCUT2D eigenvalue weighted by Crippen LogP contribution is -2.24. The van der Waals surface area contributed by atoms with E-state index in [1.165, 1.54) is 0 Å². The lowest BCUT2D eigenvalue weighted by Gasteiger charge is -2.16. The number of carbonyl (C=O) groups excluding carboxylic acids is 2. The van der Waals surface area contributed by atoms with Gasteiger partial charge in [-0.15, -0.1) is 0 Å². The summed E-state index contributed by atoms with van der Waals surface area (Å²) in [6, 6.07) is 0. The number of anilines is 1. The number of aliphatic hydroxyl groups is 2. The summed E-state index contributed by atoms with van der Waals surface area (Å²) >= 11 is 0. The maximum Gasteiger partial charge on any atom is 0.360 e. The minimum atomic E-state index is -1.52. The van der Waals surface area contributed by atoms with Gasteiger partial charge in [-0.25, -0.2) is 14.8 Å². The Balaban J connectivity index is 2.96. The Hall–Kier alpha value is -2.26. The van der Waals surface area contributed by atoms with Gasteiger partial charge in [0.1, 0.15) is 6.10 Å². The van der Waals surface area contributed by atoms with E-state index in [-0.39, 0.29) is 17.2 Å². The Labute approximate surface area is 114 Å². The van der Waals surface area contributed by atoms with Crippen LogP contribution < -0.4 is 5.73 Å². The zero-order valence-corrected chi connectivity index (χ0v) is 10.9. The Kier molecular flexibility index (Phi) is 5.35. The van der Waals surface area contributed by atoms with Gasteiger partial charge in [0.15, 0.2) is 11.5 Å². The standard InChI is InChI=1S/C11H15N3O6/c1-19-7(16)3-6(15)9(17)5-4-13-10(12)8(14-5)11(18)20-2/h4,6,9,15,17H,3H2,1-2H3,(H2,12,13). The van der Waals surface area contributed by atoms with Crippen molar-refractivity contribution in [1.29, 1.82) is 0 Å². The summed E-state index contributed by atoms with van der Waals surface area (Å²) < 4.78 is 8.82. The third-order valence-corrected chi connectivity index (χ3v) is 2.47. The van der Waals surface area contributed by atoms with Crippen LogP contribution in [-0.4, -0.2) is 52.4 Å². The van der Waals surface area contributed by atoms with E-state index in [9.17, 15) is 19.8 Å². The van der Waals surface area contributed by atoms with Gasteiger partial charge in [-0.05, 0) is 0 Å². The molecule has 0 saturated heterocycles. The van der Waals surface area contributed by atoms with Crippen LogP contribution in [0.5, 0.6) is 0 Å². The summed E-state index contributed by atoms with van der Waals surface area (Å²) in [5, 5.41) is 19.5. The summed E-state index contributed by atoms with van der Waals surface area (Å²) in [6.07, 6.45) is -2.32. The van der Waals surface area contributed by atoms with E-state index in [1.54, 1.807) is 0 Å². The predicted octanol–water partition coefficient (Wildman–Crippen LogP) is -1.20. The van der Waals surface area contributed by atoms with E-state index >= 15 is 0 Å². The fourth-order valence-corrected chi connectivity index (χ4v) is 1.36. The maximum absolute atomic E-state index is 11.4. The van der Waals surface area contributed by atoms with Gasteiger partial charge in [-0.1, -0.05) is 0 Å². The molecule has 0 aromatic carbocycles. The van der Waals surface area contributed by atoms with Gasteiger partial charge in [0.2, 0.25) is 0 Å². The Morgan fingerprint density at radius 2 is 2.00 bits per heavy atom. The van der Waals surface area contributed by atoms with Gasteiger partial charge >= 0.3 is 11.9 Å². The number of rotatable bonds is 5. The van der Waals surface area contributed by atoms with Crippen LogP contribution in [0, 0.1) is 0 Å². The van der Waals surface area contributed by atoms with E-state index in [1.807, 2.05) is 0 Å². The van der Waals surface area contributed by atoms with Crippen LogP contribution in [0.1, 0.15) is 28.7 Å². The average Bonchev–Trinajstić information content (AvgIpc) is 2.45. The molecular weight excluding hydrogens is 270 g/mol. The zero-order chi connectivity index (χ0) is 15.3. The molecule has 1 heterocycles. The van der Waals surface area contributed by atoms with Crippen LogP contribution in [0.3, 0.4) is 0 Å². The van der Waals surface area contributed by atoms with Crippen molar-refractivity contribution in [2.45, 2.75) is 18.6 Å². The van der Waals surface area contributed by atoms with Crippen molar-refractivity contribution in [2.75, 3.05) is 20.0 Å².